The molecule has 0 saturated heterocycles. The number of aromatic hydroxyl groups is 1. The Morgan fingerprint density at radius 1 is 1.00 bits per heavy atom. The highest BCUT2D eigenvalue weighted by atomic mass is 35.5. The molecule has 0 atom stereocenters. The quantitative estimate of drug-likeness (QED) is 0.454. The number of thiophene rings is 1. The Bertz CT molecular complexity index is 1240. The van der Waals surface area contributed by atoms with Gasteiger partial charge in [-0.15, -0.1) is 11.3 Å². The number of carbonyl (C=O) groups is 1. The number of rotatable bonds is 3. The highest BCUT2D eigenvalue weighted by Gasteiger charge is 2.22. The molecule has 7 heteroatoms. The van der Waals surface area contributed by atoms with Crippen LogP contribution in [0.5, 0.6) is 5.75 Å². The molecule has 0 saturated carbocycles. The molecule has 0 unspecified atom stereocenters. The normalized spacial score (nSPS) is 11.0. The molecule has 0 amide bonds. The van der Waals surface area contributed by atoms with Crippen LogP contribution in [-0.2, 0) is 0 Å². The topological polar surface area (TPSA) is 90.4 Å². The van der Waals surface area contributed by atoms with Crippen molar-refractivity contribution in [1.82, 2.24) is 4.98 Å². The zero-order valence-electron chi connectivity index (χ0n) is 13.7. The molecule has 0 bridgehead atoms. The molecule has 2 heterocycles. The molecule has 0 aliphatic carbocycles. The highest BCUT2D eigenvalue weighted by molar-refractivity contribution is 7.23. The van der Waals surface area contributed by atoms with Crippen molar-refractivity contribution in [2.75, 3.05) is 0 Å². The van der Waals surface area contributed by atoms with Crippen LogP contribution in [0, 0.1) is 0 Å². The maximum Gasteiger partial charge on any atom is 0.335 e. The molecule has 27 heavy (non-hydrogen) atoms. The molecule has 0 aliphatic heterocycles. The first-order valence-corrected chi connectivity index (χ1v) is 9.13. The number of hydrogen-bond acceptors (Lipinski definition) is 4. The zero-order chi connectivity index (χ0) is 19.1. The number of H-pyrrole nitrogens is 1. The molecule has 0 spiro atoms. The number of carboxylic acids is 1. The maximum atomic E-state index is 12.5. The first-order chi connectivity index (χ1) is 13.0. The van der Waals surface area contributed by atoms with Gasteiger partial charge >= 0.3 is 5.97 Å². The first kappa shape index (κ1) is 17.3. The largest absolute Gasteiger partial charge is 0.506 e. The minimum atomic E-state index is -1.06. The minimum absolute atomic E-state index is 0.107. The average molecular weight is 398 g/mol. The van der Waals surface area contributed by atoms with Gasteiger partial charge < -0.3 is 15.2 Å². The molecule has 5 nitrogen and oxygen atoms in total. The lowest BCUT2D eigenvalue weighted by molar-refractivity contribution is 0.0697. The van der Waals surface area contributed by atoms with Crippen molar-refractivity contribution in [3.8, 4) is 28.0 Å². The Hall–Kier alpha value is -3.09. The van der Waals surface area contributed by atoms with Crippen molar-refractivity contribution in [3.05, 3.63) is 74.9 Å². The van der Waals surface area contributed by atoms with Crippen molar-refractivity contribution in [3.63, 3.8) is 0 Å². The third-order valence-electron chi connectivity index (χ3n) is 4.25. The highest BCUT2D eigenvalue weighted by Crippen LogP contribution is 2.46. The van der Waals surface area contributed by atoms with Gasteiger partial charge in [0.15, 0.2) is 0 Å². The maximum absolute atomic E-state index is 12.5. The molecule has 134 valence electrons. The molecule has 2 aromatic carbocycles. The van der Waals surface area contributed by atoms with Gasteiger partial charge in [0, 0.05) is 5.56 Å². The monoisotopic (exact) mass is 397 g/mol. The van der Waals surface area contributed by atoms with Gasteiger partial charge in [0.05, 0.1) is 16.5 Å². The van der Waals surface area contributed by atoms with Crippen molar-refractivity contribution in [2.24, 2.45) is 0 Å². The molecule has 0 fully saturated rings. The van der Waals surface area contributed by atoms with Crippen LogP contribution in [0.25, 0.3) is 32.5 Å². The number of benzene rings is 2. The van der Waals surface area contributed by atoms with E-state index in [1.54, 1.807) is 36.4 Å². The third-order valence-corrected chi connectivity index (χ3v) is 5.57. The Labute approximate surface area is 162 Å². The zero-order valence-corrected chi connectivity index (χ0v) is 15.3. The summed E-state index contributed by atoms with van der Waals surface area (Å²) in [5.41, 5.74) is 1.45. The van der Waals surface area contributed by atoms with Crippen molar-refractivity contribution in [1.29, 1.82) is 0 Å². The van der Waals surface area contributed by atoms with Crippen LogP contribution in [-0.4, -0.2) is 21.2 Å². The van der Waals surface area contributed by atoms with Crippen LogP contribution in [0.15, 0.2) is 59.4 Å². The standard InChI is InChI=1S/C20H12ClNO4S/c21-17-13(11-7-4-8-12(9-11)20(25)26)15-16(23)14(10-5-2-1-3-6-10)18(24)22-19(15)27-17/h1-9H,(H,25,26)(H2,22,23,24). The average Bonchev–Trinajstić information content (AvgIpc) is 2.98. The fourth-order valence-electron chi connectivity index (χ4n) is 3.05. The smallest absolute Gasteiger partial charge is 0.335 e. The van der Waals surface area contributed by atoms with Crippen LogP contribution in [0.2, 0.25) is 4.34 Å². The van der Waals surface area contributed by atoms with Gasteiger partial charge in [-0.25, -0.2) is 4.79 Å². The van der Waals surface area contributed by atoms with E-state index in [-0.39, 0.29) is 16.9 Å². The summed E-state index contributed by atoms with van der Waals surface area (Å²) < 4.78 is 0.351. The fraction of sp³-hybridized carbons (Fsp3) is 0. The summed E-state index contributed by atoms with van der Waals surface area (Å²) in [5, 5.41) is 20.6. The van der Waals surface area contributed by atoms with E-state index in [1.165, 1.54) is 12.1 Å². The molecule has 2 aromatic heterocycles. The van der Waals surface area contributed by atoms with Gasteiger partial charge in [0.1, 0.15) is 14.9 Å². The second-order valence-electron chi connectivity index (χ2n) is 5.88. The predicted octanol–water partition coefficient (Wildman–Crippen LogP) is 4.98. The molecule has 3 N–H and O–H groups in total. The van der Waals surface area contributed by atoms with Crippen molar-refractivity contribution >= 4 is 39.1 Å². The van der Waals surface area contributed by atoms with Gasteiger partial charge in [-0.05, 0) is 23.3 Å². The molecule has 0 radical (unpaired) electrons. The SMILES string of the molecule is O=C(O)c1cccc(-c2c(Cl)sc3[nH]c(=O)c(-c4ccccc4)c(O)c23)c1. The minimum Gasteiger partial charge on any atom is -0.506 e. The number of aromatic carboxylic acids is 1. The number of aromatic amines is 1. The van der Waals surface area contributed by atoms with E-state index in [0.29, 0.717) is 31.2 Å². The molecule has 0 aliphatic rings. The lowest BCUT2D eigenvalue weighted by Crippen LogP contribution is -2.08. The summed E-state index contributed by atoms with van der Waals surface area (Å²) in [7, 11) is 0. The van der Waals surface area contributed by atoms with Crippen LogP contribution in [0.1, 0.15) is 10.4 Å². The number of pyridine rings is 1. The summed E-state index contributed by atoms with van der Waals surface area (Å²) in [4.78, 5) is 27.0. The Morgan fingerprint density at radius 2 is 1.70 bits per heavy atom. The third kappa shape index (κ3) is 2.89. The number of nitrogens with one attached hydrogen (secondary N) is 1. The molecular weight excluding hydrogens is 386 g/mol. The van der Waals surface area contributed by atoms with Crippen LogP contribution in [0.3, 0.4) is 0 Å². The summed E-state index contributed by atoms with van der Waals surface area (Å²) in [6.45, 7) is 0. The predicted molar refractivity (Wildman–Crippen MR) is 107 cm³/mol. The fourth-order valence-corrected chi connectivity index (χ4v) is 4.43. The van der Waals surface area contributed by atoms with E-state index >= 15 is 0 Å². The summed E-state index contributed by atoms with van der Waals surface area (Å²) >= 11 is 7.52. The second kappa shape index (κ2) is 6.57. The van der Waals surface area contributed by atoms with Gasteiger partial charge in [-0.1, -0.05) is 54.1 Å². The Morgan fingerprint density at radius 3 is 2.41 bits per heavy atom. The van der Waals surface area contributed by atoms with Gasteiger partial charge in [0.25, 0.3) is 5.56 Å². The van der Waals surface area contributed by atoms with E-state index in [1.807, 2.05) is 6.07 Å². The van der Waals surface area contributed by atoms with E-state index in [4.69, 9.17) is 11.6 Å². The van der Waals surface area contributed by atoms with Crippen LogP contribution < -0.4 is 5.56 Å². The lowest BCUT2D eigenvalue weighted by atomic mass is 9.99. The number of hydrogen-bond donors (Lipinski definition) is 3. The summed E-state index contributed by atoms with van der Waals surface area (Å²) in [5.74, 6) is -1.24. The second-order valence-corrected chi connectivity index (χ2v) is 7.51. The molecule has 4 rings (SSSR count). The van der Waals surface area contributed by atoms with Crippen LogP contribution in [0.4, 0.5) is 0 Å². The van der Waals surface area contributed by atoms with Gasteiger partial charge in [-0.3, -0.25) is 4.79 Å². The first-order valence-electron chi connectivity index (χ1n) is 7.93. The number of aromatic nitrogens is 1. The molecule has 4 aromatic rings. The number of carboxylic acid groups (broad SMARTS) is 1. The number of fused-ring (bicyclic) bond motifs is 1. The van der Waals surface area contributed by atoms with E-state index in [2.05, 4.69) is 4.98 Å². The van der Waals surface area contributed by atoms with E-state index in [0.717, 1.165) is 11.3 Å². The Kier molecular flexibility index (Phi) is 4.22. The summed E-state index contributed by atoms with van der Waals surface area (Å²) in [6.07, 6.45) is 0. The summed E-state index contributed by atoms with van der Waals surface area (Å²) in [6, 6.07) is 15.1. The van der Waals surface area contributed by atoms with Crippen molar-refractivity contribution < 1.29 is 15.0 Å². The van der Waals surface area contributed by atoms with E-state index in [9.17, 15) is 19.8 Å². The van der Waals surface area contributed by atoms with Gasteiger partial charge in [-0.2, -0.15) is 0 Å². The van der Waals surface area contributed by atoms with Crippen LogP contribution >= 0.6 is 22.9 Å². The van der Waals surface area contributed by atoms with E-state index < -0.39 is 11.5 Å². The molecular formula is C20H12ClNO4S. The van der Waals surface area contributed by atoms with Crippen molar-refractivity contribution in [2.45, 2.75) is 0 Å². The number of halogens is 1. The Balaban J connectivity index is 2.06. The van der Waals surface area contributed by atoms with Gasteiger partial charge in [0.2, 0.25) is 0 Å². The lowest BCUT2D eigenvalue weighted by Gasteiger charge is -2.08.